The van der Waals surface area contributed by atoms with Crippen LogP contribution in [0.25, 0.3) is 21.5 Å². The quantitative estimate of drug-likeness (QED) is 0.347. The number of carbonyl (C=O) groups is 2. The average molecular weight is 405 g/mol. The second-order valence-electron chi connectivity index (χ2n) is 5.88. The average Bonchev–Trinajstić information content (AvgIpc) is 2.68. The van der Waals surface area contributed by atoms with Crippen LogP contribution in [0.1, 0.15) is 20.7 Å². The maximum absolute atomic E-state index is 10.9. The van der Waals surface area contributed by atoms with E-state index in [1.54, 1.807) is 12.1 Å². The largest absolute Gasteiger partial charge is 0.478 e. The zero-order valence-corrected chi connectivity index (χ0v) is 20.3. The van der Waals surface area contributed by atoms with Gasteiger partial charge in [0, 0.05) is 70.2 Å². The van der Waals surface area contributed by atoms with Crippen molar-refractivity contribution in [2.45, 2.75) is 0 Å². The summed E-state index contributed by atoms with van der Waals surface area (Å²) in [5.41, 5.74) is 6.83. The number of rotatable bonds is 2. The zero-order chi connectivity index (χ0) is 19.4. The van der Waals surface area contributed by atoms with Crippen molar-refractivity contribution in [1.29, 1.82) is 0 Å². The molecule has 4 N–H and O–H groups in total. The number of benzene rings is 4. The number of anilines is 1. The second kappa shape index (κ2) is 11.4. The van der Waals surface area contributed by atoms with E-state index >= 15 is 0 Å². The number of nitrogens with two attached hydrogens (primary N) is 1. The molecule has 0 unspecified atom stereocenters. The molecule has 0 aromatic heterocycles. The maximum atomic E-state index is 10.9. The van der Waals surface area contributed by atoms with Gasteiger partial charge in [-0.15, -0.1) is 0 Å². The van der Waals surface area contributed by atoms with Crippen molar-refractivity contribution in [2.24, 2.45) is 0 Å². The van der Waals surface area contributed by atoms with Gasteiger partial charge in [-0.1, -0.05) is 60.7 Å². The van der Waals surface area contributed by atoms with Crippen molar-refractivity contribution in [3.05, 3.63) is 90.0 Å². The van der Waals surface area contributed by atoms with Crippen LogP contribution in [0.15, 0.2) is 78.9 Å². The summed E-state index contributed by atoms with van der Waals surface area (Å²) in [6, 6.07) is 23.3. The van der Waals surface area contributed by atoms with E-state index in [0.717, 1.165) is 11.1 Å². The molecule has 4 aromatic carbocycles. The SMILES string of the molecule is Nc1cccc2ccccc12.O=C(O)c1cccc2c(C(=O)O)cccc12.[Na].[Na]. The Hall–Kier alpha value is -1.86. The van der Waals surface area contributed by atoms with E-state index in [9.17, 15) is 9.59 Å². The van der Waals surface area contributed by atoms with Crippen LogP contribution in [-0.2, 0) is 0 Å². The molecule has 0 amide bonds. The smallest absolute Gasteiger partial charge is 0.336 e. The molecular weight excluding hydrogens is 388 g/mol. The van der Waals surface area contributed by atoms with Crippen molar-refractivity contribution in [1.82, 2.24) is 0 Å². The molecule has 0 saturated heterocycles. The van der Waals surface area contributed by atoms with Crippen LogP contribution in [0, 0.1) is 0 Å². The third-order valence-corrected chi connectivity index (χ3v) is 4.21. The third kappa shape index (κ3) is 5.82. The molecule has 0 heterocycles. The van der Waals surface area contributed by atoms with Crippen LogP contribution in [0.3, 0.4) is 0 Å². The Kier molecular flexibility index (Phi) is 9.86. The van der Waals surface area contributed by atoms with Gasteiger partial charge in [0.15, 0.2) is 0 Å². The van der Waals surface area contributed by atoms with Gasteiger partial charge in [-0.3, -0.25) is 0 Å². The van der Waals surface area contributed by atoms with Gasteiger partial charge in [-0.25, -0.2) is 9.59 Å². The Morgan fingerprint density at radius 2 is 1.00 bits per heavy atom. The van der Waals surface area contributed by atoms with Crippen LogP contribution < -0.4 is 5.73 Å². The fourth-order valence-corrected chi connectivity index (χ4v) is 2.93. The molecule has 0 fully saturated rings. The van der Waals surface area contributed by atoms with Crippen LogP contribution in [0.2, 0.25) is 0 Å². The number of carboxylic acid groups (broad SMARTS) is 2. The van der Waals surface area contributed by atoms with Gasteiger partial charge in [-0.2, -0.15) is 0 Å². The molecule has 136 valence electrons. The van der Waals surface area contributed by atoms with Gasteiger partial charge in [0.25, 0.3) is 0 Å². The monoisotopic (exact) mass is 405 g/mol. The van der Waals surface area contributed by atoms with Crippen LogP contribution in [0.4, 0.5) is 5.69 Å². The van der Waals surface area contributed by atoms with Crippen molar-refractivity contribution in [3.8, 4) is 0 Å². The molecule has 4 aromatic rings. The van der Waals surface area contributed by atoms with E-state index in [0.29, 0.717) is 10.8 Å². The fraction of sp³-hybridized carbons (Fsp3) is 0. The summed E-state index contributed by atoms with van der Waals surface area (Å²) >= 11 is 0. The molecule has 0 atom stereocenters. The first-order chi connectivity index (χ1) is 13.0. The molecule has 0 bridgehead atoms. The molecule has 0 aliphatic carbocycles. The Morgan fingerprint density at radius 1 is 0.586 bits per heavy atom. The summed E-state index contributed by atoms with van der Waals surface area (Å²) in [7, 11) is 0. The van der Waals surface area contributed by atoms with Gasteiger partial charge >= 0.3 is 11.9 Å². The normalized spacial score (nSPS) is 9.52. The molecule has 29 heavy (non-hydrogen) atoms. The molecule has 0 spiro atoms. The number of fused-ring (bicyclic) bond motifs is 2. The summed E-state index contributed by atoms with van der Waals surface area (Å²) in [6.45, 7) is 0. The third-order valence-electron chi connectivity index (χ3n) is 4.21. The van der Waals surface area contributed by atoms with E-state index in [4.69, 9.17) is 15.9 Å². The minimum atomic E-state index is -1.06. The minimum Gasteiger partial charge on any atom is -0.478 e. The topological polar surface area (TPSA) is 101 Å². The maximum Gasteiger partial charge on any atom is 0.336 e. The summed E-state index contributed by atoms with van der Waals surface area (Å²) in [5, 5.41) is 21.1. The first-order valence-corrected chi connectivity index (χ1v) is 8.20. The number of hydrogen-bond acceptors (Lipinski definition) is 3. The molecule has 0 saturated carbocycles. The zero-order valence-electron chi connectivity index (χ0n) is 16.3. The van der Waals surface area contributed by atoms with Crippen LogP contribution in [0.5, 0.6) is 0 Å². The molecular formula is C22H17NNa2O4. The second-order valence-corrected chi connectivity index (χ2v) is 5.88. The van der Waals surface area contributed by atoms with E-state index in [1.807, 2.05) is 30.3 Å². The molecule has 7 heteroatoms. The fourth-order valence-electron chi connectivity index (χ4n) is 2.93. The summed E-state index contributed by atoms with van der Waals surface area (Å²) in [4.78, 5) is 21.9. The number of hydrogen-bond donors (Lipinski definition) is 3. The van der Waals surface area contributed by atoms with E-state index in [2.05, 4.69) is 12.1 Å². The first-order valence-electron chi connectivity index (χ1n) is 8.20. The van der Waals surface area contributed by atoms with E-state index in [1.165, 1.54) is 29.7 Å². The predicted molar refractivity (Wildman–Crippen MR) is 118 cm³/mol. The van der Waals surface area contributed by atoms with Gasteiger partial charge in [0.2, 0.25) is 0 Å². The Bertz CT molecular complexity index is 1100. The molecule has 0 aliphatic heterocycles. The first kappa shape index (κ1) is 25.2. The van der Waals surface area contributed by atoms with Gasteiger partial charge in [0.05, 0.1) is 11.1 Å². The van der Waals surface area contributed by atoms with Crippen LogP contribution >= 0.6 is 0 Å². The summed E-state index contributed by atoms with van der Waals surface area (Å²) in [6.07, 6.45) is 0. The molecule has 0 aliphatic rings. The predicted octanol–water partition coefficient (Wildman–Crippen LogP) is 3.90. The molecule has 2 radical (unpaired) electrons. The molecule has 4 rings (SSSR count). The van der Waals surface area contributed by atoms with Crippen molar-refractivity contribution < 1.29 is 19.8 Å². The number of nitrogen functional groups attached to an aromatic ring is 1. The standard InChI is InChI=1S/C12H8O4.C10H9N.2Na/c13-11(14)9-5-1-3-7-8(9)4-2-6-10(7)12(15)16;11-10-7-3-5-8-4-1-2-6-9(8)10;;/h1-6H,(H,13,14)(H,15,16);1-7H,11H2;;. The van der Waals surface area contributed by atoms with E-state index < -0.39 is 11.9 Å². The van der Waals surface area contributed by atoms with Gasteiger partial charge < -0.3 is 15.9 Å². The van der Waals surface area contributed by atoms with Crippen LogP contribution in [-0.4, -0.2) is 81.3 Å². The summed E-state index contributed by atoms with van der Waals surface area (Å²) in [5.74, 6) is -2.12. The Labute approximate surface area is 212 Å². The van der Waals surface area contributed by atoms with Gasteiger partial charge in [-0.05, 0) is 34.4 Å². The van der Waals surface area contributed by atoms with Crippen molar-refractivity contribution in [3.63, 3.8) is 0 Å². The number of carboxylic acids is 2. The van der Waals surface area contributed by atoms with Crippen molar-refractivity contribution in [2.75, 3.05) is 5.73 Å². The van der Waals surface area contributed by atoms with E-state index in [-0.39, 0.29) is 70.2 Å². The minimum absolute atomic E-state index is 0. The summed E-state index contributed by atoms with van der Waals surface area (Å²) < 4.78 is 0. The number of aromatic carboxylic acids is 2. The van der Waals surface area contributed by atoms with Gasteiger partial charge in [0.1, 0.15) is 0 Å². The van der Waals surface area contributed by atoms with Crippen molar-refractivity contribution >= 4 is 98.3 Å². The molecule has 5 nitrogen and oxygen atoms in total. The Morgan fingerprint density at radius 3 is 1.48 bits per heavy atom. The Balaban J connectivity index is 0.000000286.